The van der Waals surface area contributed by atoms with Gasteiger partial charge in [-0.15, -0.1) is 0 Å². The molecule has 1 heterocycles. The number of carbonyl (C=O) groups excluding carboxylic acids is 1. The van der Waals surface area contributed by atoms with Gasteiger partial charge in [0.05, 0.1) is 6.61 Å². The quantitative estimate of drug-likeness (QED) is 0.873. The molecule has 0 spiro atoms. The van der Waals surface area contributed by atoms with Crippen LogP contribution in [0.5, 0.6) is 0 Å². The normalized spacial score (nSPS) is 19.6. The van der Waals surface area contributed by atoms with Crippen molar-refractivity contribution in [1.29, 1.82) is 0 Å². The molecule has 0 aromatic heterocycles. The number of morpholine rings is 1. The van der Waals surface area contributed by atoms with Crippen molar-refractivity contribution >= 4 is 5.91 Å². The van der Waals surface area contributed by atoms with Gasteiger partial charge in [-0.3, -0.25) is 4.79 Å². The highest BCUT2D eigenvalue weighted by Crippen LogP contribution is 2.25. The molecule has 0 bridgehead atoms. The van der Waals surface area contributed by atoms with Crippen LogP contribution in [-0.2, 0) is 14.9 Å². The molecule has 0 saturated carbocycles. The number of amides is 1. The van der Waals surface area contributed by atoms with Crippen molar-refractivity contribution < 1.29 is 9.53 Å². The van der Waals surface area contributed by atoms with Crippen molar-refractivity contribution in [1.82, 2.24) is 10.6 Å². The molecule has 1 saturated heterocycles. The van der Waals surface area contributed by atoms with Crippen molar-refractivity contribution in [3.05, 3.63) is 35.4 Å². The molecule has 4 nitrogen and oxygen atoms in total. The SMILES string of the molecule is Cc1ccccc1C(C)(C)CNC(=O)C1CNCCO1. The summed E-state index contributed by atoms with van der Waals surface area (Å²) in [4.78, 5) is 12.1. The first-order valence-electron chi connectivity index (χ1n) is 7.17. The van der Waals surface area contributed by atoms with E-state index in [0.717, 1.165) is 6.54 Å². The first-order valence-corrected chi connectivity index (χ1v) is 7.17. The van der Waals surface area contributed by atoms with Crippen molar-refractivity contribution in [3.8, 4) is 0 Å². The predicted octanol–water partition coefficient (Wildman–Crippen LogP) is 1.38. The van der Waals surface area contributed by atoms with Crippen LogP contribution in [0, 0.1) is 6.92 Å². The fourth-order valence-electron chi connectivity index (χ4n) is 2.58. The second kappa shape index (κ2) is 6.37. The van der Waals surface area contributed by atoms with Crippen molar-refractivity contribution in [2.45, 2.75) is 32.3 Å². The molecule has 1 atom stereocenters. The van der Waals surface area contributed by atoms with Gasteiger partial charge in [-0.05, 0) is 18.1 Å². The third kappa shape index (κ3) is 3.58. The summed E-state index contributed by atoms with van der Waals surface area (Å²) in [5.41, 5.74) is 2.42. The van der Waals surface area contributed by atoms with Crippen LogP contribution >= 0.6 is 0 Å². The fraction of sp³-hybridized carbons (Fsp3) is 0.562. The van der Waals surface area contributed by atoms with E-state index < -0.39 is 0 Å². The Bertz CT molecular complexity index is 465. The summed E-state index contributed by atoms with van der Waals surface area (Å²) in [6.45, 7) is 9.02. The highest BCUT2D eigenvalue weighted by atomic mass is 16.5. The van der Waals surface area contributed by atoms with Crippen LogP contribution in [0.2, 0.25) is 0 Å². The number of benzene rings is 1. The Balaban J connectivity index is 1.95. The Hall–Kier alpha value is -1.39. The molecule has 2 rings (SSSR count). The summed E-state index contributed by atoms with van der Waals surface area (Å²) >= 11 is 0. The van der Waals surface area contributed by atoms with Crippen LogP contribution in [0.1, 0.15) is 25.0 Å². The first-order chi connectivity index (χ1) is 9.50. The Kier molecular flexibility index (Phi) is 4.78. The Labute approximate surface area is 120 Å². The van der Waals surface area contributed by atoms with Crippen LogP contribution in [0.25, 0.3) is 0 Å². The average molecular weight is 276 g/mol. The minimum absolute atomic E-state index is 0.0288. The largest absolute Gasteiger partial charge is 0.366 e. The number of hydrogen-bond donors (Lipinski definition) is 2. The number of rotatable bonds is 4. The molecule has 2 N–H and O–H groups in total. The smallest absolute Gasteiger partial charge is 0.250 e. The molecular weight excluding hydrogens is 252 g/mol. The lowest BCUT2D eigenvalue weighted by atomic mass is 9.82. The molecule has 0 radical (unpaired) electrons. The van der Waals surface area contributed by atoms with Gasteiger partial charge in [0.2, 0.25) is 5.91 Å². The first kappa shape index (κ1) is 15.0. The molecule has 110 valence electrons. The van der Waals surface area contributed by atoms with Gasteiger partial charge in [0.1, 0.15) is 6.10 Å². The van der Waals surface area contributed by atoms with Crippen LogP contribution in [0.4, 0.5) is 0 Å². The summed E-state index contributed by atoms with van der Waals surface area (Å²) < 4.78 is 5.46. The van der Waals surface area contributed by atoms with Gasteiger partial charge in [0.15, 0.2) is 0 Å². The van der Waals surface area contributed by atoms with Gasteiger partial charge in [-0.25, -0.2) is 0 Å². The molecule has 1 unspecified atom stereocenters. The molecular formula is C16H24N2O2. The predicted molar refractivity (Wildman–Crippen MR) is 79.8 cm³/mol. The molecule has 1 fully saturated rings. The molecule has 4 heteroatoms. The van der Waals surface area contributed by atoms with E-state index in [1.807, 2.05) is 12.1 Å². The topological polar surface area (TPSA) is 50.4 Å². The second-order valence-electron chi connectivity index (χ2n) is 5.98. The highest BCUT2D eigenvalue weighted by molar-refractivity contribution is 5.81. The maximum absolute atomic E-state index is 12.1. The Morgan fingerprint density at radius 2 is 2.20 bits per heavy atom. The van der Waals surface area contributed by atoms with Gasteiger partial charge in [-0.2, -0.15) is 0 Å². The number of aryl methyl sites for hydroxylation is 1. The number of ether oxygens (including phenoxy) is 1. The number of carbonyl (C=O) groups is 1. The summed E-state index contributed by atoms with van der Waals surface area (Å²) in [7, 11) is 0. The monoisotopic (exact) mass is 276 g/mol. The zero-order valence-electron chi connectivity index (χ0n) is 12.5. The minimum Gasteiger partial charge on any atom is -0.366 e. The third-order valence-electron chi connectivity index (χ3n) is 3.80. The number of nitrogens with one attached hydrogen (secondary N) is 2. The zero-order valence-corrected chi connectivity index (χ0v) is 12.5. The van der Waals surface area contributed by atoms with Crippen LogP contribution in [0.15, 0.2) is 24.3 Å². The Morgan fingerprint density at radius 1 is 1.45 bits per heavy atom. The van der Waals surface area contributed by atoms with Crippen LogP contribution in [0.3, 0.4) is 0 Å². The van der Waals surface area contributed by atoms with E-state index in [9.17, 15) is 4.79 Å². The van der Waals surface area contributed by atoms with Crippen LogP contribution in [-0.4, -0.2) is 38.3 Å². The average Bonchev–Trinajstić information content (AvgIpc) is 2.46. The summed E-state index contributed by atoms with van der Waals surface area (Å²) in [6, 6.07) is 8.31. The highest BCUT2D eigenvalue weighted by Gasteiger charge is 2.26. The molecule has 1 amide bonds. The van der Waals surface area contributed by atoms with E-state index in [0.29, 0.717) is 19.7 Å². The van der Waals surface area contributed by atoms with Crippen molar-refractivity contribution in [2.24, 2.45) is 0 Å². The van der Waals surface area contributed by atoms with Crippen molar-refractivity contribution in [2.75, 3.05) is 26.2 Å². The lowest BCUT2D eigenvalue weighted by molar-refractivity contribution is -0.134. The van der Waals surface area contributed by atoms with Gasteiger partial charge >= 0.3 is 0 Å². The van der Waals surface area contributed by atoms with Crippen LogP contribution < -0.4 is 10.6 Å². The standard InChI is InChI=1S/C16H24N2O2/c1-12-6-4-5-7-13(12)16(2,3)11-18-15(19)14-10-17-8-9-20-14/h4-7,14,17H,8-11H2,1-3H3,(H,18,19). The molecule has 1 aliphatic rings. The van der Waals surface area contributed by atoms with E-state index in [1.165, 1.54) is 11.1 Å². The van der Waals surface area contributed by atoms with Crippen molar-refractivity contribution in [3.63, 3.8) is 0 Å². The lowest BCUT2D eigenvalue weighted by Gasteiger charge is -2.29. The van der Waals surface area contributed by atoms with E-state index in [-0.39, 0.29) is 17.4 Å². The molecule has 1 aliphatic heterocycles. The molecule has 1 aromatic rings. The van der Waals surface area contributed by atoms with E-state index >= 15 is 0 Å². The maximum Gasteiger partial charge on any atom is 0.250 e. The van der Waals surface area contributed by atoms with Gasteiger partial charge in [-0.1, -0.05) is 38.1 Å². The third-order valence-corrected chi connectivity index (χ3v) is 3.80. The van der Waals surface area contributed by atoms with Gasteiger partial charge in [0, 0.05) is 25.0 Å². The summed E-state index contributed by atoms with van der Waals surface area (Å²) in [6.07, 6.45) is -0.364. The van der Waals surface area contributed by atoms with E-state index in [4.69, 9.17) is 4.74 Å². The van der Waals surface area contributed by atoms with E-state index in [2.05, 4.69) is 43.5 Å². The molecule has 20 heavy (non-hydrogen) atoms. The van der Waals surface area contributed by atoms with Gasteiger partial charge in [0.25, 0.3) is 0 Å². The summed E-state index contributed by atoms with van der Waals surface area (Å²) in [5, 5.41) is 6.18. The van der Waals surface area contributed by atoms with E-state index in [1.54, 1.807) is 0 Å². The number of hydrogen-bond acceptors (Lipinski definition) is 3. The maximum atomic E-state index is 12.1. The summed E-state index contributed by atoms with van der Waals surface area (Å²) in [5.74, 6) is -0.0288. The minimum atomic E-state index is -0.364. The zero-order chi connectivity index (χ0) is 14.6. The Morgan fingerprint density at radius 3 is 2.85 bits per heavy atom. The molecule has 1 aromatic carbocycles. The fourth-order valence-corrected chi connectivity index (χ4v) is 2.58. The second-order valence-corrected chi connectivity index (χ2v) is 5.98. The lowest BCUT2D eigenvalue weighted by Crippen LogP contribution is -2.50. The molecule has 0 aliphatic carbocycles. The van der Waals surface area contributed by atoms with Gasteiger partial charge < -0.3 is 15.4 Å².